The normalized spacial score (nSPS) is 23.7. The van der Waals surface area contributed by atoms with Gasteiger partial charge in [-0.15, -0.1) is 0 Å². The van der Waals surface area contributed by atoms with Crippen LogP contribution in [0, 0.1) is 6.92 Å². The molecular formula is C25H32N2O4. The second kappa shape index (κ2) is 9.81. The fourth-order valence-electron chi connectivity index (χ4n) is 4.60. The van der Waals surface area contributed by atoms with Gasteiger partial charge >= 0.3 is 0 Å². The molecule has 1 amide bonds. The van der Waals surface area contributed by atoms with E-state index in [2.05, 4.69) is 22.3 Å². The molecule has 2 atom stereocenters. The number of hydrogen-bond donors (Lipinski definition) is 1. The van der Waals surface area contributed by atoms with Crippen molar-refractivity contribution in [2.45, 2.75) is 44.5 Å². The molecule has 2 aromatic carbocycles. The van der Waals surface area contributed by atoms with Crippen LogP contribution in [0.15, 0.2) is 48.5 Å². The molecule has 2 aliphatic rings. The molecule has 2 aliphatic heterocycles. The van der Waals surface area contributed by atoms with Crippen LogP contribution < -0.4 is 10.1 Å². The highest BCUT2D eigenvalue weighted by molar-refractivity contribution is 5.93. The zero-order chi connectivity index (χ0) is 21.7. The summed E-state index contributed by atoms with van der Waals surface area (Å²) >= 11 is 0. The monoisotopic (exact) mass is 424 g/mol. The van der Waals surface area contributed by atoms with Crippen LogP contribution in [0.4, 0.5) is 5.69 Å². The minimum absolute atomic E-state index is 0.0472. The number of aryl methyl sites for hydroxylation is 1. The molecule has 0 aromatic heterocycles. The summed E-state index contributed by atoms with van der Waals surface area (Å²) in [7, 11) is 1.61. The molecule has 31 heavy (non-hydrogen) atoms. The Morgan fingerprint density at radius 3 is 2.81 bits per heavy atom. The molecule has 166 valence electrons. The molecule has 0 aliphatic carbocycles. The minimum atomic E-state index is -0.221. The van der Waals surface area contributed by atoms with Gasteiger partial charge in [0, 0.05) is 19.7 Å². The highest BCUT2D eigenvalue weighted by atomic mass is 16.6. The van der Waals surface area contributed by atoms with Gasteiger partial charge in [0.25, 0.3) is 0 Å². The van der Waals surface area contributed by atoms with E-state index in [1.54, 1.807) is 7.11 Å². The number of benzene rings is 2. The second-order valence-electron chi connectivity index (χ2n) is 8.54. The van der Waals surface area contributed by atoms with E-state index in [4.69, 9.17) is 14.2 Å². The van der Waals surface area contributed by atoms with E-state index in [1.165, 1.54) is 0 Å². The summed E-state index contributed by atoms with van der Waals surface area (Å²) < 4.78 is 18.0. The third-order valence-electron chi connectivity index (χ3n) is 6.29. The molecule has 4 rings (SSSR count). The number of carbonyl (C=O) groups excluding carboxylic acids is 1. The Morgan fingerprint density at radius 1 is 1.23 bits per heavy atom. The average Bonchev–Trinajstić information content (AvgIpc) is 3.24. The molecule has 6 heteroatoms. The summed E-state index contributed by atoms with van der Waals surface area (Å²) in [6, 6.07) is 16.0. The van der Waals surface area contributed by atoms with E-state index in [1.807, 2.05) is 43.3 Å². The van der Waals surface area contributed by atoms with Gasteiger partial charge in [0.2, 0.25) is 5.91 Å². The number of likely N-dealkylation sites (tertiary alicyclic amines) is 1. The highest BCUT2D eigenvalue weighted by Crippen LogP contribution is 2.38. The number of rotatable bonds is 7. The number of ether oxygens (including phenoxy) is 3. The minimum Gasteiger partial charge on any atom is -0.495 e. The highest BCUT2D eigenvalue weighted by Gasteiger charge is 2.47. The molecule has 2 unspecified atom stereocenters. The van der Waals surface area contributed by atoms with Crippen molar-refractivity contribution in [1.29, 1.82) is 0 Å². The molecule has 2 saturated heterocycles. The number of carbonyl (C=O) groups is 1. The maximum absolute atomic E-state index is 12.8. The summed E-state index contributed by atoms with van der Waals surface area (Å²) in [6.07, 6.45) is 2.92. The summed E-state index contributed by atoms with van der Waals surface area (Å²) in [5.74, 6) is 0.619. The van der Waals surface area contributed by atoms with E-state index < -0.39 is 0 Å². The van der Waals surface area contributed by atoms with Crippen molar-refractivity contribution in [3.63, 3.8) is 0 Å². The number of methoxy groups -OCH3 is 1. The van der Waals surface area contributed by atoms with Crippen molar-refractivity contribution in [3.8, 4) is 5.75 Å². The zero-order valence-corrected chi connectivity index (χ0v) is 18.4. The number of amides is 1. The fraction of sp³-hybridized carbons (Fsp3) is 0.480. The predicted molar refractivity (Wildman–Crippen MR) is 120 cm³/mol. The van der Waals surface area contributed by atoms with Gasteiger partial charge in [-0.05, 0) is 49.4 Å². The molecular weight excluding hydrogens is 392 g/mol. The smallest absolute Gasteiger partial charge is 0.238 e. The van der Waals surface area contributed by atoms with Gasteiger partial charge in [-0.2, -0.15) is 0 Å². The van der Waals surface area contributed by atoms with Crippen LogP contribution in [-0.4, -0.2) is 55.9 Å². The molecule has 2 heterocycles. The third-order valence-corrected chi connectivity index (χ3v) is 6.29. The van der Waals surface area contributed by atoms with Crippen molar-refractivity contribution in [2.75, 3.05) is 38.7 Å². The van der Waals surface area contributed by atoms with Crippen molar-refractivity contribution in [3.05, 3.63) is 59.7 Å². The first-order valence-corrected chi connectivity index (χ1v) is 11.0. The lowest BCUT2D eigenvalue weighted by molar-refractivity contribution is -0.159. The van der Waals surface area contributed by atoms with Gasteiger partial charge in [-0.1, -0.05) is 36.4 Å². The summed E-state index contributed by atoms with van der Waals surface area (Å²) in [5, 5.41) is 3.01. The first-order chi connectivity index (χ1) is 15.1. The lowest BCUT2D eigenvalue weighted by Crippen LogP contribution is -2.57. The van der Waals surface area contributed by atoms with Crippen molar-refractivity contribution in [1.82, 2.24) is 4.90 Å². The Hall–Kier alpha value is -2.41. The van der Waals surface area contributed by atoms with Crippen molar-refractivity contribution >= 4 is 11.6 Å². The van der Waals surface area contributed by atoms with Crippen LogP contribution in [0.5, 0.6) is 5.75 Å². The first-order valence-electron chi connectivity index (χ1n) is 11.0. The van der Waals surface area contributed by atoms with Crippen LogP contribution in [0.3, 0.4) is 0 Å². The van der Waals surface area contributed by atoms with Gasteiger partial charge in [0.05, 0.1) is 37.7 Å². The molecule has 0 saturated carbocycles. The summed E-state index contributed by atoms with van der Waals surface area (Å²) in [5.41, 5.74) is 2.71. The van der Waals surface area contributed by atoms with E-state index >= 15 is 0 Å². The maximum atomic E-state index is 12.8. The number of nitrogens with zero attached hydrogens (tertiary/aromatic N) is 1. The van der Waals surface area contributed by atoms with E-state index in [-0.39, 0.29) is 17.6 Å². The number of hydrogen-bond acceptors (Lipinski definition) is 5. The predicted octanol–water partition coefficient (Wildman–Crippen LogP) is 3.78. The van der Waals surface area contributed by atoms with Crippen LogP contribution in [0.1, 0.15) is 30.4 Å². The Morgan fingerprint density at radius 2 is 2.06 bits per heavy atom. The number of nitrogens with one attached hydrogen (secondary N) is 1. The van der Waals surface area contributed by atoms with E-state index in [9.17, 15) is 4.79 Å². The van der Waals surface area contributed by atoms with E-state index in [0.717, 1.165) is 43.5 Å². The lowest BCUT2D eigenvalue weighted by Gasteiger charge is -2.44. The first kappa shape index (κ1) is 21.8. The molecule has 0 radical (unpaired) electrons. The SMILES string of the molecule is COc1ccc(C)cc1NC(=O)CN1CCC2(CCCO2)C(OCc2ccccc2)C1. The van der Waals surface area contributed by atoms with Crippen LogP contribution >= 0.6 is 0 Å². The lowest BCUT2D eigenvalue weighted by atomic mass is 9.85. The van der Waals surface area contributed by atoms with Gasteiger partial charge in [-0.3, -0.25) is 9.69 Å². The Kier molecular flexibility index (Phi) is 6.90. The average molecular weight is 425 g/mol. The van der Waals surface area contributed by atoms with Crippen LogP contribution in [0.2, 0.25) is 0 Å². The summed E-state index contributed by atoms with van der Waals surface area (Å²) in [4.78, 5) is 14.9. The number of piperidine rings is 1. The standard InChI is InChI=1S/C25H32N2O4/c1-19-9-10-22(29-2)21(15-19)26-24(28)17-27-13-12-25(11-6-14-31-25)23(16-27)30-18-20-7-4-3-5-8-20/h3-5,7-10,15,23H,6,11-14,16-18H2,1-2H3,(H,26,28). The van der Waals surface area contributed by atoms with Crippen LogP contribution in [0.25, 0.3) is 0 Å². The van der Waals surface area contributed by atoms with Crippen LogP contribution in [-0.2, 0) is 20.9 Å². The van der Waals surface area contributed by atoms with E-state index in [0.29, 0.717) is 31.1 Å². The molecule has 0 bridgehead atoms. The Bertz CT molecular complexity index is 880. The summed E-state index contributed by atoms with van der Waals surface area (Å²) in [6.45, 7) is 5.17. The molecule has 6 nitrogen and oxygen atoms in total. The largest absolute Gasteiger partial charge is 0.495 e. The number of anilines is 1. The van der Waals surface area contributed by atoms with Crippen molar-refractivity contribution in [2.24, 2.45) is 0 Å². The molecule has 2 aromatic rings. The second-order valence-corrected chi connectivity index (χ2v) is 8.54. The van der Waals surface area contributed by atoms with Gasteiger partial charge in [0.1, 0.15) is 5.75 Å². The van der Waals surface area contributed by atoms with Gasteiger partial charge < -0.3 is 19.5 Å². The Labute approximate surface area is 184 Å². The molecule has 1 N–H and O–H groups in total. The maximum Gasteiger partial charge on any atom is 0.238 e. The molecule has 1 spiro atoms. The fourth-order valence-corrected chi connectivity index (χ4v) is 4.60. The molecule has 2 fully saturated rings. The van der Waals surface area contributed by atoms with Gasteiger partial charge in [-0.25, -0.2) is 0 Å². The topological polar surface area (TPSA) is 60.0 Å². The van der Waals surface area contributed by atoms with Gasteiger partial charge in [0.15, 0.2) is 0 Å². The Balaban J connectivity index is 1.39. The third kappa shape index (κ3) is 5.26. The quantitative estimate of drug-likeness (QED) is 0.733. The zero-order valence-electron chi connectivity index (χ0n) is 18.4. The van der Waals surface area contributed by atoms with Crippen molar-refractivity contribution < 1.29 is 19.0 Å².